The summed E-state index contributed by atoms with van der Waals surface area (Å²) in [5.41, 5.74) is -1.35. The molecule has 0 aliphatic heterocycles. The summed E-state index contributed by atoms with van der Waals surface area (Å²) in [5.74, 6) is -1.65. The molecule has 0 fully saturated rings. The number of para-hydroxylation sites is 1. The highest BCUT2D eigenvalue weighted by molar-refractivity contribution is 5.81. The van der Waals surface area contributed by atoms with Gasteiger partial charge in [0.25, 0.3) is 0 Å². The molecule has 0 unspecified atom stereocenters. The average molecular weight is 292 g/mol. The van der Waals surface area contributed by atoms with Crippen molar-refractivity contribution in [3.8, 4) is 11.5 Å². The van der Waals surface area contributed by atoms with E-state index >= 15 is 0 Å². The van der Waals surface area contributed by atoms with Gasteiger partial charge in [0, 0.05) is 0 Å². The van der Waals surface area contributed by atoms with Crippen LogP contribution >= 0.6 is 0 Å². The second-order valence-electron chi connectivity index (χ2n) is 4.89. The lowest BCUT2D eigenvalue weighted by Crippen LogP contribution is -2.41. The SMILES string of the molecule is CC(C)(Oc1ccc(F)cc1)C(=O)Oc1ccccc1F. The van der Waals surface area contributed by atoms with Gasteiger partial charge in [-0.3, -0.25) is 0 Å². The molecule has 0 radical (unpaired) electrons. The number of carbonyl (C=O) groups excluding carboxylic acids is 1. The van der Waals surface area contributed by atoms with Gasteiger partial charge in [-0.2, -0.15) is 0 Å². The van der Waals surface area contributed by atoms with Crippen molar-refractivity contribution >= 4 is 5.97 Å². The Morgan fingerprint density at radius 3 is 2.24 bits per heavy atom. The van der Waals surface area contributed by atoms with Crippen molar-refractivity contribution in [2.24, 2.45) is 0 Å². The summed E-state index contributed by atoms with van der Waals surface area (Å²) < 4.78 is 36.7. The minimum atomic E-state index is -1.35. The Labute approximate surface area is 121 Å². The minimum Gasteiger partial charge on any atom is -0.476 e. The van der Waals surface area contributed by atoms with Gasteiger partial charge in [-0.15, -0.1) is 0 Å². The quantitative estimate of drug-likeness (QED) is 0.636. The number of hydrogen-bond acceptors (Lipinski definition) is 3. The van der Waals surface area contributed by atoms with Gasteiger partial charge in [-0.25, -0.2) is 13.6 Å². The van der Waals surface area contributed by atoms with Crippen LogP contribution in [-0.4, -0.2) is 11.6 Å². The molecule has 2 rings (SSSR count). The fraction of sp³-hybridized carbons (Fsp3) is 0.188. The number of hydrogen-bond donors (Lipinski definition) is 0. The first kappa shape index (κ1) is 15.0. The Morgan fingerprint density at radius 1 is 1.00 bits per heavy atom. The molecule has 0 aliphatic carbocycles. The Kier molecular flexibility index (Phi) is 4.21. The van der Waals surface area contributed by atoms with Crippen LogP contribution in [0.15, 0.2) is 48.5 Å². The first-order valence-corrected chi connectivity index (χ1v) is 6.30. The van der Waals surface area contributed by atoms with E-state index in [1.807, 2.05) is 0 Å². The maximum absolute atomic E-state index is 13.4. The molecule has 110 valence electrons. The van der Waals surface area contributed by atoms with Crippen LogP contribution in [0.25, 0.3) is 0 Å². The van der Waals surface area contributed by atoms with E-state index in [2.05, 4.69) is 0 Å². The topological polar surface area (TPSA) is 35.5 Å². The van der Waals surface area contributed by atoms with E-state index in [-0.39, 0.29) is 5.75 Å². The molecule has 5 heteroatoms. The van der Waals surface area contributed by atoms with Gasteiger partial charge in [0.1, 0.15) is 11.6 Å². The molecule has 0 aromatic heterocycles. The number of benzene rings is 2. The smallest absolute Gasteiger partial charge is 0.355 e. The van der Waals surface area contributed by atoms with Gasteiger partial charge >= 0.3 is 5.97 Å². The molecule has 0 bridgehead atoms. The molecule has 0 saturated heterocycles. The van der Waals surface area contributed by atoms with E-state index in [0.29, 0.717) is 5.75 Å². The highest BCUT2D eigenvalue weighted by atomic mass is 19.1. The molecule has 0 saturated carbocycles. The molecular formula is C16H14F2O3. The van der Waals surface area contributed by atoms with Crippen molar-refractivity contribution in [2.45, 2.75) is 19.4 Å². The Morgan fingerprint density at radius 2 is 1.62 bits per heavy atom. The number of ether oxygens (including phenoxy) is 2. The molecule has 21 heavy (non-hydrogen) atoms. The first-order chi connectivity index (χ1) is 9.88. The molecule has 0 N–H and O–H groups in total. The van der Waals surface area contributed by atoms with Gasteiger partial charge in [0.15, 0.2) is 11.6 Å². The largest absolute Gasteiger partial charge is 0.476 e. The van der Waals surface area contributed by atoms with Crippen molar-refractivity contribution < 1.29 is 23.0 Å². The van der Waals surface area contributed by atoms with Crippen LogP contribution in [0, 0.1) is 11.6 Å². The zero-order valence-corrected chi connectivity index (χ0v) is 11.6. The van der Waals surface area contributed by atoms with Crippen LogP contribution < -0.4 is 9.47 Å². The summed E-state index contributed by atoms with van der Waals surface area (Å²) in [4.78, 5) is 12.1. The second-order valence-corrected chi connectivity index (χ2v) is 4.89. The molecule has 0 heterocycles. The van der Waals surface area contributed by atoms with Crippen LogP contribution in [0.4, 0.5) is 8.78 Å². The molecule has 0 atom stereocenters. The fourth-order valence-electron chi connectivity index (χ4n) is 1.59. The molecule has 0 aliphatic rings. The molecule has 2 aromatic rings. The first-order valence-electron chi connectivity index (χ1n) is 6.30. The summed E-state index contributed by atoms with van der Waals surface area (Å²) in [5, 5.41) is 0. The third-order valence-electron chi connectivity index (χ3n) is 2.72. The lowest BCUT2D eigenvalue weighted by Gasteiger charge is -2.24. The van der Waals surface area contributed by atoms with Gasteiger partial charge in [0.05, 0.1) is 0 Å². The summed E-state index contributed by atoms with van der Waals surface area (Å²) in [7, 11) is 0. The van der Waals surface area contributed by atoms with Gasteiger partial charge < -0.3 is 9.47 Å². The van der Waals surface area contributed by atoms with Crippen LogP contribution in [0.2, 0.25) is 0 Å². The van der Waals surface area contributed by atoms with Crippen LogP contribution in [0.3, 0.4) is 0 Å². The highest BCUT2D eigenvalue weighted by Gasteiger charge is 2.33. The average Bonchev–Trinajstić information content (AvgIpc) is 2.43. The number of halogens is 2. The molecule has 0 spiro atoms. The zero-order valence-electron chi connectivity index (χ0n) is 11.6. The summed E-state index contributed by atoms with van der Waals surface area (Å²) in [6, 6.07) is 10.8. The monoisotopic (exact) mass is 292 g/mol. The maximum atomic E-state index is 13.4. The van der Waals surface area contributed by atoms with E-state index in [9.17, 15) is 13.6 Å². The Balaban J connectivity index is 2.10. The minimum absolute atomic E-state index is 0.168. The van der Waals surface area contributed by atoms with Crippen molar-refractivity contribution in [1.29, 1.82) is 0 Å². The fourth-order valence-corrected chi connectivity index (χ4v) is 1.59. The van der Waals surface area contributed by atoms with Crippen molar-refractivity contribution in [3.63, 3.8) is 0 Å². The van der Waals surface area contributed by atoms with E-state index in [4.69, 9.17) is 9.47 Å². The van der Waals surface area contributed by atoms with E-state index in [0.717, 1.165) is 0 Å². The van der Waals surface area contributed by atoms with Gasteiger partial charge in [-0.1, -0.05) is 12.1 Å². The zero-order chi connectivity index (χ0) is 15.5. The summed E-state index contributed by atoms with van der Waals surface area (Å²) in [6.45, 7) is 2.97. The third kappa shape index (κ3) is 3.78. The molecule has 2 aromatic carbocycles. The van der Waals surface area contributed by atoms with Crippen molar-refractivity contribution in [1.82, 2.24) is 0 Å². The van der Waals surface area contributed by atoms with Crippen LogP contribution in [0.5, 0.6) is 11.5 Å². The summed E-state index contributed by atoms with van der Waals surface area (Å²) >= 11 is 0. The lowest BCUT2D eigenvalue weighted by atomic mass is 10.1. The number of carbonyl (C=O) groups is 1. The Bertz CT molecular complexity index is 636. The highest BCUT2D eigenvalue weighted by Crippen LogP contribution is 2.22. The van der Waals surface area contributed by atoms with Crippen LogP contribution in [-0.2, 0) is 4.79 Å². The number of esters is 1. The standard InChI is InChI=1S/C16H14F2O3/c1-16(2,21-12-9-7-11(17)8-10-12)15(19)20-14-6-4-3-5-13(14)18/h3-10H,1-2H3. The predicted molar refractivity (Wildman–Crippen MR) is 73.1 cm³/mol. The van der Waals surface area contributed by atoms with E-state index in [1.54, 1.807) is 6.07 Å². The molecule has 3 nitrogen and oxygen atoms in total. The number of rotatable bonds is 4. The van der Waals surface area contributed by atoms with Crippen LogP contribution in [0.1, 0.15) is 13.8 Å². The maximum Gasteiger partial charge on any atom is 0.355 e. The van der Waals surface area contributed by atoms with E-state index < -0.39 is 23.2 Å². The van der Waals surface area contributed by atoms with Gasteiger partial charge in [-0.05, 0) is 50.2 Å². The Hall–Kier alpha value is -2.43. The molecular weight excluding hydrogens is 278 g/mol. The summed E-state index contributed by atoms with van der Waals surface area (Å²) in [6.07, 6.45) is 0. The van der Waals surface area contributed by atoms with Crippen molar-refractivity contribution in [2.75, 3.05) is 0 Å². The van der Waals surface area contributed by atoms with E-state index in [1.165, 1.54) is 56.3 Å². The lowest BCUT2D eigenvalue weighted by molar-refractivity contribution is -0.149. The molecule has 0 amide bonds. The normalized spacial score (nSPS) is 11.0. The predicted octanol–water partition coefficient (Wildman–Crippen LogP) is 3.73. The van der Waals surface area contributed by atoms with Gasteiger partial charge in [0.2, 0.25) is 5.60 Å². The van der Waals surface area contributed by atoms with Crippen molar-refractivity contribution in [3.05, 3.63) is 60.2 Å². The second kappa shape index (κ2) is 5.91. The third-order valence-corrected chi connectivity index (χ3v) is 2.72.